The number of rotatable bonds is 14. The van der Waals surface area contributed by atoms with E-state index in [-0.39, 0.29) is 5.41 Å². The molecule has 310 valence electrons. The first-order chi connectivity index (χ1) is 30.3. The molecule has 9 rings (SSSR count). The highest BCUT2D eigenvalue weighted by Gasteiger charge is 2.41. The molecule has 0 aliphatic heterocycles. The van der Waals surface area contributed by atoms with Crippen LogP contribution in [0.25, 0.3) is 39.0 Å². The monoisotopic (exact) mass is 807 g/mol. The highest BCUT2D eigenvalue weighted by atomic mass is 15.1. The summed E-state index contributed by atoms with van der Waals surface area (Å²) in [6, 6.07) is 59.5. The number of hydrogen-bond donors (Lipinski definition) is 0. The second kappa shape index (κ2) is 18.0. The summed E-state index contributed by atoms with van der Waals surface area (Å²) in [5.74, 6) is 0. The topological polar surface area (TPSA) is 3.24 Å². The minimum atomic E-state index is -0.0443. The van der Waals surface area contributed by atoms with E-state index in [4.69, 9.17) is 0 Å². The summed E-state index contributed by atoms with van der Waals surface area (Å²) < 4.78 is 0. The fourth-order valence-corrected chi connectivity index (χ4v) is 10.2. The normalized spacial score (nSPS) is 13.9. The van der Waals surface area contributed by atoms with Crippen LogP contribution in [0.4, 0.5) is 17.1 Å². The molecule has 0 aromatic heterocycles. The van der Waals surface area contributed by atoms with Crippen LogP contribution >= 0.6 is 0 Å². The van der Waals surface area contributed by atoms with Crippen LogP contribution in [0.1, 0.15) is 105 Å². The maximum atomic E-state index is 2.49. The Morgan fingerprint density at radius 2 is 1.10 bits per heavy atom. The molecule has 0 saturated carbocycles. The van der Waals surface area contributed by atoms with E-state index in [1.807, 2.05) is 0 Å². The van der Waals surface area contributed by atoms with E-state index in [0.717, 1.165) is 43.5 Å². The van der Waals surface area contributed by atoms with E-state index in [2.05, 4.69) is 209 Å². The Hall–Kier alpha value is -6.18. The molecule has 2 aliphatic rings. The van der Waals surface area contributed by atoms with Gasteiger partial charge in [0, 0.05) is 22.4 Å². The lowest BCUT2D eigenvalue weighted by Crippen LogP contribution is -2.16. The smallest absolute Gasteiger partial charge is 0.0543 e. The zero-order chi connectivity index (χ0) is 42.6. The van der Waals surface area contributed by atoms with Crippen molar-refractivity contribution in [2.24, 2.45) is 0 Å². The lowest BCUT2D eigenvalue weighted by atomic mass is 9.80. The number of aryl methyl sites for hydroxylation is 3. The van der Waals surface area contributed by atoms with E-state index < -0.39 is 0 Å². The number of anilines is 3. The molecular weight excluding hydrogens is 747 g/mol. The second-order valence-corrected chi connectivity index (χ2v) is 18.1. The molecule has 0 heterocycles. The largest absolute Gasteiger partial charge is 0.310 e. The predicted molar refractivity (Wildman–Crippen MR) is 267 cm³/mol. The van der Waals surface area contributed by atoms with E-state index in [9.17, 15) is 0 Å². The van der Waals surface area contributed by atoms with Crippen LogP contribution in [0.3, 0.4) is 0 Å². The van der Waals surface area contributed by atoms with Crippen molar-refractivity contribution >= 4 is 22.6 Å². The average molecular weight is 808 g/mol. The minimum Gasteiger partial charge on any atom is -0.310 e. The Morgan fingerprint density at radius 1 is 0.516 bits per heavy atom. The molecule has 7 aromatic carbocycles. The summed E-state index contributed by atoms with van der Waals surface area (Å²) in [7, 11) is 0. The van der Waals surface area contributed by atoms with Crippen LogP contribution in [0.5, 0.6) is 0 Å². The number of benzene rings is 7. The van der Waals surface area contributed by atoms with E-state index >= 15 is 0 Å². The molecule has 0 fully saturated rings. The second-order valence-electron chi connectivity index (χ2n) is 18.1. The number of unbranched alkanes of at least 4 members (excludes halogenated alkanes) is 2. The summed E-state index contributed by atoms with van der Waals surface area (Å²) in [6.07, 6.45) is 15.3. The molecule has 1 heteroatoms. The van der Waals surface area contributed by atoms with Gasteiger partial charge in [-0.2, -0.15) is 0 Å². The van der Waals surface area contributed by atoms with Gasteiger partial charge in [-0.3, -0.25) is 0 Å². The van der Waals surface area contributed by atoms with Crippen LogP contribution in [-0.2, 0) is 24.7 Å². The Morgan fingerprint density at radius 3 is 1.79 bits per heavy atom. The SMILES string of the molecule is CCCCc1cc(CCCC)cc(Cc2ccccc2-c2c(C)cccc2-c2ccc(N(c3ccc(-c4ccccc4)cc3)c3cccc4c3C3=CCCC=C3C4(C)C)cc2)c1. The van der Waals surface area contributed by atoms with Gasteiger partial charge in [0.1, 0.15) is 0 Å². The molecule has 0 bridgehead atoms. The third-order valence-electron chi connectivity index (χ3n) is 13.4. The van der Waals surface area contributed by atoms with E-state index in [0.29, 0.717) is 0 Å². The quantitative estimate of drug-likeness (QED) is 0.106. The van der Waals surface area contributed by atoms with Crippen LogP contribution < -0.4 is 4.90 Å². The Kier molecular flexibility index (Phi) is 12.0. The van der Waals surface area contributed by atoms with Gasteiger partial charge in [0.2, 0.25) is 0 Å². The lowest BCUT2D eigenvalue weighted by molar-refractivity contribution is 0.654. The van der Waals surface area contributed by atoms with Crippen LogP contribution in [0, 0.1) is 6.92 Å². The molecule has 0 spiro atoms. The van der Waals surface area contributed by atoms with Gasteiger partial charge in [0.05, 0.1) is 5.69 Å². The molecular formula is C61H61N. The van der Waals surface area contributed by atoms with Crippen molar-refractivity contribution in [1.82, 2.24) is 0 Å². The molecule has 0 amide bonds. The number of fused-ring (bicyclic) bond motifs is 3. The zero-order valence-electron chi connectivity index (χ0n) is 37.5. The van der Waals surface area contributed by atoms with Crippen molar-refractivity contribution in [3.05, 3.63) is 214 Å². The standard InChI is InChI=1S/C61H61N/c1-6-8-20-44-39-45(21-9-7-2)41-46(40-44)42-50-24-13-14-25-54(50)59-43(3)19-17-27-53(59)49-33-37-52(38-34-49)62(51-35-31-48(32-36-51)47-22-11-10-12-23-47)58-30-18-29-57-60(58)55-26-15-16-28-56(55)61(57,4)5/h10-14,17-19,22-41H,6-9,15-16,20-21,42H2,1-5H3. The van der Waals surface area contributed by atoms with Crippen molar-refractivity contribution < 1.29 is 0 Å². The first kappa shape index (κ1) is 41.2. The molecule has 0 unspecified atom stereocenters. The zero-order valence-corrected chi connectivity index (χ0v) is 37.5. The first-order valence-electron chi connectivity index (χ1n) is 23.2. The summed E-state index contributed by atoms with van der Waals surface area (Å²) in [4.78, 5) is 2.49. The van der Waals surface area contributed by atoms with Gasteiger partial charge in [-0.25, -0.2) is 0 Å². The van der Waals surface area contributed by atoms with E-state index in [1.54, 1.807) is 0 Å². The average Bonchev–Trinajstić information content (AvgIpc) is 3.55. The molecule has 7 aromatic rings. The highest BCUT2D eigenvalue weighted by molar-refractivity contribution is 5.99. The van der Waals surface area contributed by atoms with Crippen molar-refractivity contribution in [3.63, 3.8) is 0 Å². The third kappa shape index (κ3) is 8.14. The van der Waals surface area contributed by atoms with Crippen molar-refractivity contribution in [3.8, 4) is 33.4 Å². The van der Waals surface area contributed by atoms with Crippen LogP contribution in [0.2, 0.25) is 0 Å². The molecule has 2 aliphatic carbocycles. The Balaban J connectivity index is 1.12. The van der Waals surface area contributed by atoms with Crippen LogP contribution in [-0.4, -0.2) is 0 Å². The van der Waals surface area contributed by atoms with Gasteiger partial charge in [-0.1, -0.05) is 180 Å². The maximum Gasteiger partial charge on any atom is 0.0543 e. The summed E-state index contributed by atoms with van der Waals surface area (Å²) in [5, 5.41) is 0. The summed E-state index contributed by atoms with van der Waals surface area (Å²) in [6.45, 7) is 11.7. The van der Waals surface area contributed by atoms with Crippen molar-refractivity contribution in [2.45, 2.75) is 97.8 Å². The van der Waals surface area contributed by atoms with Gasteiger partial charge in [0.25, 0.3) is 0 Å². The summed E-state index contributed by atoms with van der Waals surface area (Å²) in [5.41, 5.74) is 23.8. The fourth-order valence-electron chi connectivity index (χ4n) is 10.2. The predicted octanol–water partition coefficient (Wildman–Crippen LogP) is 17.1. The molecule has 1 nitrogen and oxygen atoms in total. The molecule has 0 N–H and O–H groups in total. The maximum absolute atomic E-state index is 2.49. The lowest BCUT2D eigenvalue weighted by Gasteiger charge is -2.29. The Labute approximate surface area is 371 Å². The van der Waals surface area contributed by atoms with Gasteiger partial charge >= 0.3 is 0 Å². The number of allylic oxidation sites excluding steroid dienone is 4. The van der Waals surface area contributed by atoms with Gasteiger partial charge in [0.15, 0.2) is 0 Å². The Bertz CT molecular complexity index is 2720. The molecule has 0 saturated heterocycles. The molecule has 62 heavy (non-hydrogen) atoms. The van der Waals surface area contributed by atoms with Gasteiger partial charge in [-0.05, 0) is 160 Å². The molecule has 0 atom stereocenters. The third-order valence-corrected chi connectivity index (χ3v) is 13.4. The summed E-state index contributed by atoms with van der Waals surface area (Å²) >= 11 is 0. The molecule has 0 radical (unpaired) electrons. The van der Waals surface area contributed by atoms with Crippen molar-refractivity contribution in [1.29, 1.82) is 0 Å². The first-order valence-corrected chi connectivity index (χ1v) is 23.2. The van der Waals surface area contributed by atoms with Gasteiger partial charge < -0.3 is 4.90 Å². The van der Waals surface area contributed by atoms with Gasteiger partial charge in [-0.15, -0.1) is 0 Å². The van der Waals surface area contributed by atoms with Crippen LogP contribution in [0.15, 0.2) is 175 Å². The number of nitrogens with zero attached hydrogens (tertiary/aromatic N) is 1. The van der Waals surface area contributed by atoms with E-state index in [1.165, 1.54) is 115 Å². The fraction of sp³-hybridized carbons (Fsp3) is 0.246. The minimum absolute atomic E-state index is 0.0443. The number of hydrogen-bond acceptors (Lipinski definition) is 1. The highest BCUT2D eigenvalue weighted by Crippen LogP contribution is 2.56. The van der Waals surface area contributed by atoms with Crippen molar-refractivity contribution in [2.75, 3.05) is 4.90 Å².